The minimum Gasteiger partial charge on any atom is -0.494 e. The molecular weight excluding hydrogens is 607 g/mol. The van der Waals surface area contributed by atoms with Crippen molar-refractivity contribution in [3.8, 4) is 5.75 Å². The Kier molecular flexibility index (Phi) is 9.59. The average molecular weight is 647 g/mol. The maximum atomic E-state index is 13.2. The Morgan fingerprint density at radius 1 is 0.955 bits per heavy atom. The van der Waals surface area contributed by atoms with E-state index in [9.17, 15) is 44.3 Å². The van der Waals surface area contributed by atoms with Gasteiger partial charge in [0.25, 0.3) is 0 Å². The van der Waals surface area contributed by atoms with Crippen LogP contribution in [0.1, 0.15) is 63.0 Å². The Morgan fingerprint density at radius 3 is 2.18 bits per heavy atom. The summed E-state index contributed by atoms with van der Waals surface area (Å²) in [7, 11) is 2.86. The molecule has 5 atom stereocenters. The zero-order valence-corrected chi connectivity index (χ0v) is 25.1. The number of carbonyl (C=O) groups is 1. The first-order chi connectivity index (χ1) is 20.3. The number of aryl methyl sites for hydroxylation is 1. The van der Waals surface area contributed by atoms with Crippen LogP contribution in [0.5, 0.6) is 5.75 Å². The molecule has 14 heteroatoms. The van der Waals surface area contributed by atoms with Crippen LogP contribution in [-0.2, 0) is 16.0 Å². The summed E-state index contributed by atoms with van der Waals surface area (Å²) in [6.45, 7) is 2.01. The zero-order chi connectivity index (χ0) is 32.9. The van der Waals surface area contributed by atoms with Crippen LogP contribution in [-0.4, -0.2) is 86.3 Å². The number of ether oxygens (including phenoxy) is 2. The largest absolute Gasteiger partial charge is 0.494 e. The summed E-state index contributed by atoms with van der Waals surface area (Å²) in [5, 5.41) is 0. The van der Waals surface area contributed by atoms with Gasteiger partial charge in [-0.2, -0.15) is 39.5 Å². The van der Waals surface area contributed by atoms with Crippen molar-refractivity contribution < 1.29 is 53.8 Å². The van der Waals surface area contributed by atoms with Crippen LogP contribution in [0.3, 0.4) is 0 Å². The molecule has 3 aliphatic rings. The van der Waals surface area contributed by atoms with E-state index in [1.807, 2.05) is 13.0 Å². The fourth-order valence-electron chi connectivity index (χ4n) is 8.10. The smallest absolute Gasteiger partial charge is 0.435 e. The minimum atomic E-state index is -6.79. The van der Waals surface area contributed by atoms with E-state index < -0.39 is 49.7 Å². The lowest BCUT2D eigenvalue weighted by molar-refractivity contribution is -0.457. The first-order valence-corrected chi connectivity index (χ1v) is 14.8. The third-order valence-electron chi connectivity index (χ3n) is 10.2. The zero-order valence-electron chi connectivity index (χ0n) is 25.1. The summed E-state index contributed by atoms with van der Waals surface area (Å²) in [5.41, 5.74) is -3.84. The van der Waals surface area contributed by atoms with Crippen LogP contribution in [0.25, 0.3) is 0 Å². The molecule has 0 aliphatic heterocycles. The second-order valence-corrected chi connectivity index (χ2v) is 12.6. The highest BCUT2D eigenvalue weighted by molar-refractivity contribution is 5.78. The summed E-state index contributed by atoms with van der Waals surface area (Å²) in [6.07, 6.45) is -14.9. The highest BCUT2D eigenvalue weighted by atomic mass is 19.4. The van der Waals surface area contributed by atoms with Gasteiger partial charge in [-0.3, -0.25) is 9.69 Å². The van der Waals surface area contributed by atoms with Crippen molar-refractivity contribution in [1.29, 1.82) is 0 Å². The van der Waals surface area contributed by atoms with E-state index in [-0.39, 0.29) is 11.5 Å². The molecule has 0 saturated heterocycles. The Morgan fingerprint density at radius 2 is 1.59 bits per heavy atom. The van der Waals surface area contributed by atoms with Gasteiger partial charge in [-0.15, -0.1) is 0 Å². The van der Waals surface area contributed by atoms with Gasteiger partial charge in [0.2, 0.25) is 5.91 Å². The quantitative estimate of drug-likeness (QED) is 0.268. The first-order valence-electron chi connectivity index (χ1n) is 14.8. The number of halogens is 9. The fourth-order valence-corrected chi connectivity index (χ4v) is 8.10. The highest BCUT2D eigenvalue weighted by Gasteiger charge is 2.85. The number of fused-ring (bicyclic) bond motifs is 5. The number of likely N-dealkylation sites (N-methyl/N-ethyl adjacent to an activating group) is 2. The molecule has 3 unspecified atom stereocenters. The van der Waals surface area contributed by atoms with E-state index in [0.29, 0.717) is 24.4 Å². The number of amides is 1. The van der Waals surface area contributed by atoms with Crippen molar-refractivity contribution in [1.82, 2.24) is 9.80 Å². The Bertz CT molecular complexity index is 1150. The molecular formula is C30H39F9N2O3. The van der Waals surface area contributed by atoms with Gasteiger partial charge in [0.05, 0.1) is 19.8 Å². The number of nitrogens with zero attached hydrogens (tertiary/aromatic N) is 2. The second kappa shape index (κ2) is 12.2. The second-order valence-electron chi connectivity index (χ2n) is 12.6. The monoisotopic (exact) mass is 646 g/mol. The number of carbonyl (C=O) groups excluding carboxylic acids is 1. The van der Waals surface area contributed by atoms with Crippen LogP contribution in [0.4, 0.5) is 39.5 Å². The van der Waals surface area contributed by atoms with Gasteiger partial charge < -0.3 is 14.4 Å². The van der Waals surface area contributed by atoms with Crippen LogP contribution >= 0.6 is 0 Å². The number of rotatable bonds is 9. The van der Waals surface area contributed by atoms with E-state index in [0.717, 1.165) is 49.2 Å². The van der Waals surface area contributed by atoms with Crippen LogP contribution in [0, 0.1) is 17.3 Å². The SMILES string of the molecule is CCOc1ccc2c(c1)CCC1C2CC[C@@]2(C)C1CC[C@@H]2N(C)C(=O)CN(C)CCOC(C(F)(F)F)(C(F)(F)F)C(F)(F)F. The lowest BCUT2D eigenvalue weighted by Crippen LogP contribution is -2.68. The predicted molar refractivity (Wildman–Crippen MR) is 143 cm³/mol. The van der Waals surface area contributed by atoms with Crippen molar-refractivity contribution >= 4 is 5.91 Å². The van der Waals surface area contributed by atoms with Gasteiger partial charge in [0.15, 0.2) is 0 Å². The summed E-state index contributed by atoms with van der Waals surface area (Å²) < 4.78 is 127. The van der Waals surface area contributed by atoms with Crippen molar-refractivity contribution in [2.75, 3.05) is 40.4 Å². The maximum Gasteiger partial charge on any atom is 0.435 e. The van der Waals surface area contributed by atoms with Gasteiger partial charge in [-0.05, 0) is 98.9 Å². The third-order valence-corrected chi connectivity index (χ3v) is 10.2. The molecule has 0 N–H and O–H groups in total. The van der Waals surface area contributed by atoms with Gasteiger partial charge in [-0.1, -0.05) is 13.0 Å². The Balaban J connectivity index is 1.38. The van der Waals surface area contributed by atoms with E-state index in [4.69, 9.17) is 4.74 Å². The molecule has 1 amide bonds. The molecule has 1 aromatic rings. The van der Waals surface area contributed by atoms with Gasteiger partial charge in [0.1, 0.15) is 5.75 Å². The lowest BCUT2D eigenvalue weighted by Gasteiger charge is -2.52. The number of alkyl halides is 9. The first kappa shape index (κ1) is 34.6. The van der Waals surface area contributed by atoms with Crippen molar-refractivity contribution in [3.63, 3.8) is 0 Å². The number of benzene rings is 1. The van der Waals surface area contributed by atoms with E-state index in [2.05, 4.69) is 23.8 Å². The van der Waals surface area contributed by atoms with E-state index in [1.165, 1.54) is 18.2 Å². The van der Waals surface area contributed by atoms with Crippen LogP contribution in [0.2, 0.25) is 0 Å². The summed E-state index contributed by atoms with van der Waals surface area (Å²) in [5.74, 6) is 1.67. The normalized spacial score (nSPS) is 27.5. The molecule has 44 heavy (non-hydrogen) atoms. The van der Waals surface area contributed by atoms with Gasteiger partial charge in [0, 0.05) is 19.6 Å². The summed E-state index contributed by atoms with van der Waals surface area (Å²) in [4.78, 5) is 15.9. The highest BCUT2D eigenvalue weighted by Crippen LogP contribution is 2.62. The predicted octanol–water partition coefficient (Wildman–Crippen LogP) is 7.14. The van der Waals surface area contributed by atoms with E-state index in [1.54, 1.807) is 11.9 Å². The minimum absolute atomic E-state index is 0.124. The Hall–Kier alpha value is -2.22. The van der Waals surface area contributed by atoms with Crippen LogP contribution < -0.4 is 4.74 Å². The van der Waals surface area contributed by atoms with Gasteiger partial charge >= 0.3 is 24.1 Å². The molecule has 0 heterocycles. The third kappa shape index (κ3) is 6.01. The van der Waals surface area contributed by atoms with Gasteiger partial charge in [-0.25, -0.2) is 0 Å². The standard InChI is InChI=1S/C30H39F9N2O3/c1-5-43-19-7-9-20-18(16-19)6-8-22-21(20)12-13-26(2)23(22)10-11-24(26)41(4)25(42)17-40(3)14-15-44-27(28(31,32)33,29(34,35)36)30(37,38)39/h7,9,16,21-24H,5-6,8,10-15,17H2,1-4H3/t21?,22?,23?,24-,26-/m0/s1. The maximum absolute atomic E-state index is 13.2. The average Bonchev–Trinajstić information content (AvgIpc) is 3.25. The molecule has 2 saturated carbocycles. The lowest BCUT2D eigenvalue weighted by atomic mass is 9.55. The molecule has 4 rings (SSSR count). The summed E-state index contributed by atoms with van der Waals surface area (Å²) >= 11 is 0. The Labute approximate surface area is 251 Å². The van der Waals surface area contributed by atoms with E-state index >= 15 is 0 Å². The molecule has 250 valence electrons. The molecule has 0 aromatic heterocycles. The number of hydrogen-bond donors (Lipinski definition) is 0. The number of hydrogen-bond acceptors (Lipinski definition) is 4. The molecule has 0 spiro atoms. The molecule has 0 radical (unpaired) electrons. The van der Waals surface area contributed by atoms with Crippen molar-refractivity contribution in [2.45, 2.75) is 88.5 Å². The molecule has 2 fully saturated rings. The topological polar surface area (TPSA) is 42.0 Å². The summed E-state index contributed by atoms with van der Waals surface area (Å²) in [6, 6.07) is 6.19. The molecule has 0 bridgehead atoms. The molecule has 1 aromatic carbocycles. The fraction of sp³-hybridized carbons (Fsp3) is 0.767. The molecule has 3 aliphatic carbocycles. The van der Waals surface area contributed by atoms with Crippen molar-refractivity contribution in [3.05, 3.63) is 29.3 Å². The van der Waals surface area contributed by atoms with Crippen molar-refractivity contribution in [2.24, 2.45) is 17.3 Å². The van der Waals surface area contributed by atoms with Crippen LogP contribution in [0.15, 0.2) is 18.2 Å². The molecule has 5 nitrogen and oxygen atoms in total.